The zero-order chi connectivity index (χ0) is 24.9. The molecule has 0 saturated carbocycles. The fourth-order valence-electron chi connectivity index (χ4n) is 3.85. The number of halogens is 6. The van der Waals surface area contributed by atoms with Crippen LogP contribution in [0.25, 0.3) is 39.2 Å². The molecule has 9 heteroatoms. The van der Waals surface area contributed by atoms with Gasteiger partial charge in [-0.1, -0.05) is 64.6 Å². The maximum Gasteiger partial charge on any atom is 0.417 e. The smallest absolute Gasteiger partial charge is 0.228 e. The number of benzene rings is 3. The second-order valence-corrected chi connectivity index (χ2v) is 9.26. The molecule has 0 radical (unpaired) electrons. The number of fused-ring (bicyclic) bond motifs is 1. The van der Waals surface area contributed by atoms with Crippen molar-refractivity contribution in [3.63, 3.8) is 0 Å². The first-order valence-electron chi connectivity index (χ1n) is 10.4. The largest absolute Gasteiger partial charge is 0.417 e. The number of rotatable bonds is 3. The van der Waals surface area contributed by atoms with Crippen molar-refractivity contribution in [2.45, 2.75) is 13.1 Å². The number of aryl methyl sites for hydroxylation is 1. The van der Waals surface area contributed by atoms with E-state index < -0.39 is 11.7 Å². The minimum absolute atomic E-state index is 0.0506. The Bertz CT molecular complexity index is 1560. The van der Waals surface area contributed by atoms with Crippen LogP contribution >= 0.6 is 34.8 Å². The molecule has 0 spiro atoms. The maximum absolute atomic E-state index is 14.5. The third-order valence-corrected chi connectivity index (χ3v) is 6.35. The second kappa shape index (κ2) is 8.86. The van der Waals surface area contributed by atoms with Crippen molar-refractivity contribution in [2.24, 2.45) is 0 Å². The molecule has 5 aromatic rings. The predicted molar refractivity (Wildman–Crippen MR) is 135 cm³/mol. The maximum atomic E-state index is 14.5. The van der Waals surface area contributed by atoms with Gasteiger partial charge in [-0.25, -0.2) is 9.67 Å². The third-order valence-electron chi connectivity index (χ3n) is 5.55. The Morgan fingerprint density at radius 3 is 2.09 bits per heavy atom. The van der Waals surface area contributed by atoms with Gasteiger partial charge in [0.05, 0.1) is 27.4 Å². The van der Waals surface area contributed by atoms with Gasteiger partial charge in [-0.2, -0.15) is 18.3 Å². The summed E-state index contributed by atoms with van der Waals surface area (Å²) in [7, 11) is 0. The van der Waals surface area contributed by atoms with Crippen molar-refractivity contribution in [2.75, 3.05) is 0 Å². The highest BCUT2D eigenvalue weighted by Crippen LogP contribution is 2.42. The Morgan fingerprint density at radius 2 is 1.46 bits per heavy atom. The van der Waals surface area contributed by atoms with Gasteiger partial charge in [0.2, 0.25) is 0 Å². The van der Waals surface area contributed by atoms with Gasteiger partial charge in [-0.3, -0.25) is 0 Å². The van der Waals surface area contributed by atoms with Gasteiger partial charge in [0.25, 0.3) is 0 Å². The lowest BCUT2D eigenvalue weighted by molar-refractivity contribution is -0.136. The van der Waals surface area contributed by atoms with Crippen LogP contribution in [0.3, 0.4) is 0 Å². The summed E-state index contributed by atoms with van der Waals surface area (Å²) in [5.41, 5.74) is 1.76. The van der Waals surface area contributed by atoms with Gasteiger partial charge in [0.15, 0.2) is 5.65 Å². The Labute approximate surface area is 213 Å². The first-order chi connectivity index (χ1) is 16.6. The minimum Gasteiger partial charge on any atom is -0.228 e. The number of nitrogens with zero attached hydrogens (tertiary/aromatic N) is 3. The molecule has 0 aliphatic rings. The van der Waals surface area contributed by atoms with Crippen LogP contribution in [0.2, 0.25) is 15.1 Å². The molecule has 176 valence electrons. The van der Waals surface area contributed by atoms with E-state index in [1.54, 1.807) is 48.5 Å². The lowest BCUT2D eigenvalue weighted by Gasteiger charge is -2.13. The van der Waals surface area contributed by atoms with Gasteiger partial charge in [0, 0.05) is 21.2 Å². The monoisotopic (exact) mass is 531 g/mol. The van der Waals surface area contributed by atoms with E-state index in [1.165, 1.54) is 10.7 Å². The van der Waals surface area contributed by atoms with Crippen LogP contribution < -0.4 is 0 Å². The number of hydrogen-bond donors (Lipinski definition) is 0. The van der Waals surface area contributed by atoms with Gasteiger partial charge >= 0.3 is 6.18 Å². The van der Waals surface area contributed by atoms with Gasteiger partial charge < -0.3 is 0 Å². The molecule has 3 aromatic carbocycles. The number of pyridine rings is 1. The first-order valence-corrected chi connectivity index (χ1v) is 11.5. The van der Waals surface area contributed by atoms with Crippen molar-refractivity contribution in [3.8, 4) is 28.2 Å². The average molecular weight is 533 g/mol. The molecule has 0 aliphatic heterocycles. The van der Waals surface area contributed by atoms with Crippen LogP contribution in [-0.4, -0.2) is 14.8 Å². The molecule has 0 fully saturated rings. The van der Waals surface area contributed by atoms with Gasteiger partial charge in [-0.15, -0.1) is 0 Å². The number of aromatic nitrogens is 3. The summed E-state index contributed by atoms with van der Waals surface area (Å²) < 4.78 is 44.8. The zero-order valence-corrected chi connectivity index (χ0v) is 20.3. The van der Waals surface area contributed by atoms with E-state index >= 15 is 0 Å². The molecule has 0 atom stereocenters. The van der Waals surface area contributed by atoms with Crippen LogP contribution in [0, 0.1) is 6.92 Å². The summed E-state index contributed by atoms with van der Waals surface area (Å²) in [5.74, 6) is 0. The Kier molecular flexibility index (Phi) is 5.99. The molecule has 5 rings (SSSR count). The number of alkyl halides is 3. The standard InChI is InChI=1S/C26H15Cl3F3N3/c1-14-2-9-18(10-3-14)35-25-23(24(34-35)15-4-6-16(27)7-5-15)20(26(30,31)32)13-22(33-25)19-11-8-17(28)12-21(19)29/h2-13H,1H3. The molecule has 3 nitrogen and oxygen atoms in total. The lowest BCUT2D eigenvalue weighted by Crippen LogP contribution is -2.08. The summed E-state index contributed by atoms with van der Waals surface area (Å²) in [5, 5.41) is 5.50. The molecule has 0 unspecified atom stereocenters. The Balaban J connectivity index is 1.90. The highest BCUT2D eigenvalue weighted by Gasteiger charge is 2.37. The molecular formula is C26H15Cl3F3N3. The summed E-state index contributed by atoms with van der Waals surface area (Å²) in [6.07, 6.45) is -4.68. The van der Waals surface area contributed by atoms with Crippen LogP contribution in [0.1, 0.15) is 11.1 Å². The quantitative estimate of drug-likeness (QED) is 0.232. The molecule has 0 amide bonds. The third kappa shape index (κ3) is 4.49. The van der Waals surface area contributed by atoms with Crippen molar-refractivity contribution in [1.82, 2.24) is 14.8 Å². The summed E-state index contributed by atoms with van der Waals surface area (Å²) in [6, 6.07) is 19.3. The first kappa shape index (κ1) is 23.7. The Hall–Kier alpha value is -3.06. The topological polar surface area (TPSA) is 30.7 Å². The van der Waals surface area contributed by atoms with Crippen molar-refractivity contribution < 1.29 is 13.2 Å². The fraction of sp³-hybridized carbons (Fsp3) is 0.0769. The van der Waals surface area contributed by atoms with E-state index in [2.05, 4.69) is 10.1 Å². The molecule has 2 heterocycles. The van der Waals surface area contributed by atoms with Crippen molar-refractivity contribution in [3.05, 3.63) is 99.0 Å². The number of hydrogen-bond acceptors (Lipinski definition) is 2. The Morgan fingerprint density at radius 1 is 0.800 bits per heavy atom. The fourth-order valence-corrected chi connectivity index (χ4v) is 4.48. The van der Waals surface area contributed by atoms with Crippen molar-refractivity contribution in [1.29, 1.82) is 0 Å². The molecule has 0 aliphatic carbocycles. The molecular weight excluding hydrogens is 518 g/mol. The zero-order valence-electron chi connectivity index (χ0n) is 18.0. The molecule has 0 saturated heterocycles. The molecule has 0 N–H and O–H groups in total. The van der Waals surface area contributed by atoms with Crippen LogP contribution in [0.4, 0.5) is 13.2 Å². The molecule has 35 heavy (non-hydrogen) atoms. The van der Waals surface area contributed by atoms with E-state index in [4.69, 9.17) is 34.8 Å². The second-order valence-electron chi connectivity index (χ2n) is 7.98. The summed E-state index contributed by atoms with van der Waals surface area (Å²) >= 11 is 18.3. The van der Waals surface area contributed by atoms with Crippen LogP contribution in [0.5, 0.6) is 0 Å². The van der Waals surface area contributed by atoms with E-state index in [-0.39, 0.29) is 27.4 Å². The van der Waals surface area contributed by atoms with Gasteiger partial charge in [0.1, 0.15) is 5.69 Å². The molecule has 2 aromatic heterocycles. The van der Waals surface area contributed by atoms with E-state index in [0.717, 1.165) is 11.6 Å². The van der Waals surface area contributed by atoms with Crippen molar-refractivity contribution >= 4 is 45.8 Å². The normalized spacial score (nSPS) is 11.9. The van der Waals surface area contributed by atoms with E-state index in [9.17, 15) is 13.2 Å². The van der Waals surface area contributed by atoms with Crippen LogP contribution in [0.15, 0.2) is 72.8 Å². The minimum atomic E-state index is -4.68. The summed E-state index contributed by atoms with van der Waals surface area (Å²) in [6.45, 7) is 1.92. The summed E-state index contributed by atoms with van der Waals surface area (Å²) in [4.78, 5) is 4.62. The highest BCUT2D eigenvalue weighted by molar-refractivity contribution is 6.36. The highest BCUT2D eigenvalue weighted by atomic mass is 35.5. The van der Waals surface area contributed by atoms with E-state index in [1.807, 2.05) is 19.1 Å². The van der Waals surface area contributed by atoms with E-state index in [0.29, 0.717) is 26.9 Å². The SMILES string of the molecule is Cc1ccc(-n2nc(-c3ccc(Cl)cc3)c3c(C(F)(F)F)cc(-c4ccc(Cl)cc4Cl)nc32)cc1. The lowest BCUT2D eigenvalue weighted by atomic mass is 10.0. The average Bonchev–Trinajstić information content (AvgIpc) is 3.18. The molecule has 0 bridgehead atoms. The predicted octanol–water partition coefficient (Wildman–Crippen LogP) is 9.04. The van der Waals surface area contributed by atoms with Crippen LogP contribution in [-0.2, 0) is 6.18 Å². The van der Waals surface area contributed by atoms with Gasteiger partial charge in [-0.05, 0) is 55.5 Å².